The third kappa shape index (κ3) is 3.34. The molecule has 0 unspecified atom stereocenters. The third-order valence-corrected chi connectivity index (χ3v) is 5.06. The van der Waals surface area contributed by atoms with Gasteiger partial charge in [0.1, 0.15) is 5.75 Å². The van der Waals surface area contributed by atoms with Gasteiger partial charge >= 0.3 is 0 Å². The molecule has 0 spiro atoms. The lowest BCUT2D eigenvalue weighted by Crippen LogP contribution is -2.16. The van der Waals surface area contributed by atoms with Gasteiger partial charge in [-0.15, -0.1) is 6.58 Å². The fourth-order valence-electron chi connectivity index (χ4n) is 2.32. The number of allylic oxidation sites excluding steroid dienone is 1. The van der Waals surface area contributed by atoms with Crippen LogP contribution < -0.4 is 9.54 Å². The molecular formula is C18H15BrN2O2S. The molecule has 0 aliphatic rings. The van der Waals surface area contributed by atoms with Crippen LogP contribution in [0.3, 0.4) is 0 Å². The molecule has 0 aliphatic heterocycles. The molecule has 3 rings (SSSR count). The summed E-state index contributed by atoms with van der Waals surface area (Å²) in [5, 5.41) is 0. The summed E-state index contributed by atoms with van der Waals surface area (Å²) >= 11 is 4.82. The van der Waals surface area contributed by atoms with Gasteiger partial charge in [0.15, 0.2) is 4.80 Å². The zero-order chi connectivity index (χ0) is 17.1. The lowest BCUT2D eigenvalue weighted by Gasteiger charge is -2.02. The second-order valence-electron chi connectivity index (χ2n) is 5.04. The number of rotatable bonds is 4. The summed E-state index contributed by atoms with van der Waals surface area (Å²) in [6.45, 7) is 4.37. The molecule has 3 aromatic rings. The number of hydrogen-bond acceptors (Lipinski definition) is 3. The minimum atomic E-state index is -0.265. The Hall–Kier alpha value is -2.18. The van der Waals surface area contributed by atoms with Crippen LogP contribution in [-0.2, 0) is 6.54 Å². The molecule has 0 radical (unpaired) electrons. The average Bonchev–Trinajstić information content (AvgIpc) is 2.92. The average molecular weight is 403 g/mol. The predicted molar refractivity (Wildman–Crippen MR) is 101 cm³/mol. The summed E-state index contributed by atoms with van der Waals surface area (Å²) in [4.78, 5) is 17.4. The van der Waals surface area contributed by atoms with E-state index in [0.29, 0.717) is 16.9 Å². The molecule has 6 heteroatoms. The molecule has 1 heterocycles. The van der Waals surface area contributed by atoms with E-state index in [1.54, 1.807) is 25.3 Å². The highest BCUT2D eigenvalue weighted by molar-refractivity contribution is 9.10. The molecule has 0 saturated carbocycles. The molecule has 122 valence electrons. The molecule has 0 fully saturated rings. The van der Waals surface area contributed by atoms with Gasteiger partial charge in [0.05, 0.1) is 17.3 Å². The minimum absolute atomic E-state index is 0.265. The van der Waals surface area contributed by atoms with E-state index < -0.39 is 0 Å². The van der Waals surface area contributed by atoms with Crippen molar-refractivity contribution >= 4 is 43.4 Å². The number of fused-ring (bicyclic) bond motifs is 1. The van der Waals surface area contributed by atoms with Crippen molar-refractivity contribution in [3.8, 4) is 5.75 Å². The Morgan fingerprint density at radius 1 is 1.33 bits per heavy atom. The van der Waals surface area contributed by atoms with Gasteiger partial charge in [0.25, 0.3) is 5.91 Å². The zero-order valence-corrected chi connectivity index (χ0v) is 15.4. The number of carbonyl (C=O) groups excluding carboxylic acids is 1. The Labute approximate surface area is 151 Å². The van der Waals surface area contributed by atoms with Crippen LogP contribution in [0.4, 0.5) is 0 Å². The molecular weight excluding hydrogens is 388 g/mol. The molecule has 0 bridgehead atoms. The quantitative estimate of drug-likeness (QED) is 0.606. The van der Waals surface area contributed by atoms with E-state index in [-0.39, 0.29) is 5.91 Å². The number of methoxy groups -OCH3 is 1. The summed E-state index contributed by atoms with van der Waals surface area (Å²) < 4.78 is 9.18. The Morgan fingerprint density at radius 3 is 2.75 bits per heavy atom. The van der Waals surface area contributed by atoms with Gasteiger partial charge < -0.3 is 9.30 Å². The number of hydrogen-bond donors (Lipinski definition) is 0. The standard InChI is InChI=1S/C18H15BrN2O2S/c1-3-10-21-15-9-8-14(23-2)11-16(15)24-18(21)20-17(22)12-4-6-13(19)7-5-12/h3-9,11H,1,10H2,2H3. The van der Waals surface area contributed by atoms with Crippen molar-refractivity contribution in [2.75, 3.05) is 7.11 Å². The molecule has 0 N–H and O–H groups in total. The number of amides is 1. The van der Waals surface area contributed by atoms with Crippen LogP contribution in [-0.4, -0.2) is 17.6 Å². The number of nitrogens with zero attached hydrogens (tertiary/aromatic N) is 2. The minimum Gasteiger partial charge on any atom is -0.497 e. The number of aromatic nitrogens is 1. The maximum absolute atomic E-state index is 12.4. The first-order chi connectivity index (χ1) is 11.6. The number of carbonyl (C=O) groups is 1. The van der Waals surface area contributed by atoms with Crippen LogP contribution in [0.2, 0.25) is 0 Å². The van der Waals surface area contributed by atoms with Gasteiger partial charge in [-0.1, -0.05) is 33.3 Å². The third-order valence-electron chi connectivity index (χ3n) is 3.49. The summed E-state index contributed by atoms with van der Waals surface area (Å²) in [5.41, 5.74) is 1.56. The van der Waals surface area contributed by atoms with Crippen LogP contribution >= 0.6 is 27.3 Å². The smallest absolute Gasteiger partial charge is 0.279 e. The highest BCUT2D eigenvalue weighted by atomic mass is 79.9. The van der Waals surface area contributed by atoms with Crippen LogP contribution in [0.25, 0.3) is 10.2 Å². The second kappa shape index (κ2) is 7.15. The highest BCUT2D eigenvalue weighted by Crippen LogP contribution is 2.23. The van der Waals surface area contributed by atoms with Gasteiger partial charge in [-0.2, -0.15) is 4.99 Å². The van der Waals surface area contributed by atoms with Gasteiger partial charge in [0.2, 0.25) is 0 Å². The lowest BCUT2D eigenvalue weighted by molar-refractivity contribution is 0.0998. The molecule has 24 heavy (non-hydrogen) atoms. The van der Waals surface area contributed by atoms with Crippen molar-refractivity contribution in [3.05, 3.63) is 70.0 Å². The van der Waals surface area contributed by atoms with E-state index in [0.717, 1.165) is 20.4 Å². The summed E-state index contributed by atoms with van der Waals surface area (Å²) in [6.07, 6.45) is 1.79. The van der Waals surface area contributed by atoms with Gasteiger partial charge in [-0.25, -0.2) is 0 Å². The van der Waals surface area contributed by atoms with Crippen molar-refractivity contribution in [3.63, 3.8) is 0 Å². The van der Waals surface area contributed by atoms with Crippen LogP contribution in [0.15, 0.2) is 64.6 Å². The predicted octanol–water partition coefficient (Wildman–Crippen LogP) is 4.40. The molecule has 0 aliphatic carbocycles. The lowest BCUT2D eigenvalue weighted by atomic mass is 10.2. The number of halogens is 1. The fourth-order valence-corrected chi connectivity index (χ4v) is 3.65. The van der Waals surface area contributed by atoms with Gasteiger partial charge in [-0.3, -0.25) is 4.79 Å². The summed E-state index contributed by atoms with van der Waals surface area (Å²) in [5.74, 6) is 0.513. The Bertz CT molecular complexity index is 971. The number of benzene rings is 2. The molecule has 4 nitrogen and oxygen atoms in total. The van der Waals surface area contributed by atoms with Gasteiger partial charge in [-0.05, 0) is 42.5 Å². The maximum Gasteiger partial charge on any atom is 0.279 e. The van der Waals surface area contributed by atoms with E-state index >= 15 is 0 Å². The summed E-state index contributed by atoms with van der Waals surface area (Å²) in [7, 11) is 1.63. The SMILES string of the molecule is C=CCn1c(=NC(=O)c2ccc(Br)cc2)sc2cc(OC)ccc21. The van der Waals surface area contributed by atoms with Gasteiger partial charge in [0, 0.05) is 16.6 Å². The first-order valence-corrected chi connectivity index (χ1v) is 8.86. The molecule has 0 atom stereocenters. The monoisotopic (exact) mass is 402 g/mol. The first-order valence-electron chi connectivity index (χ1n) is 7.25. The zero-order valence-electron chi connectivity index (χ0n) is 13.0. The Balaban J connectivity index is 2.12. The molecule has 1 amide bonds. The van der Waals surface area contributed by atoms with Crippen LogP contribution in [0.1, 0.15) is 10.4 Å². The fraction of sp³-hybridized carbons (Fsp3) is 0.111. The van der Waals surface area contributed by atoms with E-state index in [2.05, 4.69) is 27.5 Å². The van der Waals surface area contributed by atoms with Crippen LogP contribution in [0.5, 0.6) is 5.75 Å². The van der Waals surface area contributed by atoms with Crippen LogP contribution in [0, 0.1) is 0 Å². The first kappa shape index (κ1) is 16.7. The van der Waals surface area contributed by atoms with Crippen molar-refractivity contribution in [1.29, 1.82) is 0 Å². The van der Waals surface area contributed by atoms with Crippen molar-refractivity contribution < 1.29 is 9.53 Å². The molecule has 1 aromatic heterocycles. The highest BCUT2D eigenvalue weighted by Gasteiger charge is 2.09. The van der Waals surface area contributed by atoms with Crippen molar-refractivity contribution in [1.82, 2.24) is 4.57 Å². The normalized spacial score (nSPS) is 11.7. The van der Waals surface area contributed by atoms with E-state index in [4.69, 9.17) is 4.74 Å². The van der Waals surface area contributed by atoms with Crippen molar-refractivity contribution in [2.45, 2.75) is 6.54 Å². The van der Waals surface area contributed by atoms with E-state index in [9.17, 15) is 4.79 Å². The molecule has 0 saturated heterocycles. The largest absolute Gasteiger partial charge is 0.497 e. The second-order valence-corrected chi connectivity index (χ2v) is 6.97. The van der Waals surface area contributed by atoms with E-state index in [1.165, 1.54) is 11.3 Å². The topological polar surface area (TPSA) is 43.6 Å². The van der Waals surface area contributed by atoms with Crippen molar-refractivity contribution in [2.24, 2.45) is 4.99 Å². The Morgan fingerprint density at radius 2 is 2.08 bits per heavy atom. The van der Waals surface area contributed by atoms with E-state index in [1.807, 2.05) is 34.9 Å². The Kier molecular flexibility index (Phi) is 4.97. The maximum atomic E-state index is 12.4. The molecule has 2 aromatic carbocycles. The summed E-state index contributed by atoms with van der Waals surface area (Å²) in [6, 6.07) is 13.0. The number of ether oxygens (including phenoxy) is 1. The number of thiazole rings is 1.